The fourth-order valence-corrected chi connectivity index (χ4v) is 2.50. The minimum absolute atomic E-state index is 0.157. The molecule has 1 aliphatic heterocycles. The summed E-state index contributed by atoms with van der Waals surface area (Å²) in [5, 5.41) is 3.31. The van der Waals surface area contributed by atoms with Crippen LogP contribution in [0.5, 0.6) is 0 Å². The highest BCUT2D eigenvalue weighted by Gasteiger charge is 2.23. The third kappa shape index (κ3) is 3.16. The normalized spacial score (nSPS) is 21.2. The largest absolute Gasteiger partial charge is 0.333 e. The predicted molar refractivity (Wildman–Crippen MR) is 78.5 cm³/mol. The maximum atomic E-state index is 12.5. The molecular weight excluding hydrogens is 236 g/mol. The summed E-state index contributed by atoms with van der Waals surface area (Å²) in [6.07, 6.45) is 1.13. The fourth-order valence-electron chi connectivity index (χ4n) is 2.50. The average molecular weight is 260 g/mol. The molecular formula is C16H24N2O. The van der Waals surface area contributed by atoms with Crippen LogP contribution in [0.2, 0.25) is 0 Å². The molecule has 0 spiro atoms. The van der Waals surface area contributed by atoms with Gasteiger partial charge >= 0.3 is 0 Å². The van der Waals surface area contributed by atoms with Gasteiger partial charge < -0.3 is 10.2 Å². The first kappa shape index (κ1) is 14.1. The summed E-state index contributed by atoms with van der Waals surface area (Å²) in [4.78, 5) is 14.4. The molecule has 19 heavy (non-hydrogen) atoms. The van der Waals surface area contributed by atoms with Crippen LogP contribution < -0.4 is 5.32 Å². The quantitative estimate of drug-likeness (QED) is 0.906. The van der Waals surface area contributed by atoms with Crippen LogP contribution in [0.3, 0.4) is 0 Å². The first-order chi connectivity index (χ1) is 9.13. The number of nitrogens with one attached hydrogen (secondary N) is 1. The molecule has 3 heteroatoms. The van der Waals surface area contributed by atoms with E-state index in [9.17, 15) is 4.79 Å². The number of nitrogens with zero attached hydrogens (tertiary/aromatic N) is 1. The summed E-state index contributed by atoms with van der Waals surface area (Å²) in [5.41, 5.74) is 2.12. The van der Waals surface area contributed by atoms with Gasteiger partial charge in [-0.1, -0.05) is 26.0 Å². The monoisotopic (exact) mass is 260 g/mol. The Balaban J connectivity index is 2.11. The fraction of sp³-hybridized carbons (Fsp3) is 0.562. The van der Waals surface area contributed by atoms with E-state index in [-0.39, 0.29) is 11.9 Å². The van der Waals surface area contributed by atoms with Crippen molar-refractivity contribution in [1.82, 2.24) is 10.2 Å². The van der Waals surface area contributed by atoms with Gasteiger partial charge in [0.2, 0.25) is 0 Å². The van der Waals surface area contributed by atoms with Crippen molar-refractivity contribution in [3.63, 3.8) is 0 Å². The van der Waals surface area contributed by atoms with E-state index in [4.69, 9.17) is 0 Å². The molecule has 0 aromatic heterocycles. The molecule has 3 nitrogen and oxygen atoms in total. The van der Waals surface area contributed by atoms with Crippen molar-refractivity contribution < 1.29 is 4.79 Å². The maximum Gasteiger partial charge on any atom is 0.254 e. The minimum atomic E-state index is 0.157. The standard InChI is InChI=1S/C16H24N2O/c1-4-12(2)14-5-7-15(8-6-14)16(19)18-10-9-17-11-13(18)3/h5-8,12-13,17H,4,9-11H2,1-3H3. The average Bonchev–Trinajstić information content (AvgIpc) is 2.46. The van der Waals surface area contributed by atoms with E-state index in [1.807, 2.05) is 17.0 Å². The highest BCUT2D eigenvalue weighted by molar-refractivity contribution is 5.94. The molecule has 2 rings (SSSR count). The van der Waals surface area contributed by atoms with Crippen LogP contribution in [-0.4, -0.2) is 36.5 Å². The molecule has 1 fully saturated rings. The smallest absolute Gasteiger partial charge is 0.254 e. The number of benzene rings is 1. The minimum Gasteiger partial charge on any atom is -0.333 e. The Morgan fingerprint density at radius 2 is 2.11 bits per heavy atom. The van der Waals surface area contributed by atoms with Crippen LogP contribution in [0.1, 0.15) is 49.0 Å². The zero-order valence-corrected chi connectivity index (χ0v) is 12.1. The number of hydrogen-bond acceptors (Lipinski definition) is 2. The summed E-state index contributed by atoms with van der Waals surface area (Å²) >= 11 is 0. The molecule has 1 aromatic carbocycles. The van der Waals surface area contributed by atoms with Crippen LogP contribution in [-0.2, 0) is 0 Å². The predicted octanol–water partition coefficient (Wildman–Crippen LogP) is 2.63. The third-order valence-electron chi connectivity index (χ3n) is 4.10. The van der Waals surface area contributed by atoms with Crippen molar-refractivity contribution in [3.8, 4) is 0 Å². The molecule has 0 radical (unpaired) electrons. The van der Waals surface area contributed by atoms with Crippen LogP contribution >= 0.6 is 0 Å². The van der Waals surface area contributed by atoms with Gasteiger partial charge in [0.25, 0.3) is 5.91 Å². The number of carbonyl (C=O) groups excluding carboxylic acids is 1. The van der Waals surface area contributed by atoms with E-state index in [2.05, 4.69) is 38.2 Å². The summed E-state index contributed by atoms with van der Waals surface area (Å²) in [6.45, 7) is 9.07. The zero-order valence-electron chi connectivity index (χ0n) is 12.1. The molecule has 2 atom stereocenters. The molecule has 1 aromatic rings. The van der Waals surface area contributed by atoms with E-state index in [1.54, 1.807) is 0 Å². The van der Waals surface area contributed by atoms with Gasteiger partial charge in [-0.15, -0.1) is 0 Å². The summed E-state index contributed by atoms with van der Waals surface area (Å²) in [7, 11) is 0. The zero-order chi connectivity index (χ0) is 13.8. The molecule has 0 saturated carbocycles. The van der Waals surface area contributed by atoms with E-state index in [0.29, 0.717) is 5.92 Å². The molecule has 104 valence electrons. The van der Waals surface area contributed by atoms with Crippen molar-refractivity contribution in [1.29, 1.82) is 0 Å². The lowest BCUT2D eigenvalue weighted by Gasteiger charge is -2.34. The Bertz CT molecular complexity index is 427. The Kier molecular flexibility index (Phi) is 4.59. The van der Waals surface area contributed by atoms with Gasteiger partial charge in [-0.2, -0.15) is 0 Å². The molecule has 1 saturated heterocycles. The molecule has 1 aliphatic rings. The maximum absolute atomic E-state index is 12.5. The number of rotatable bonds is 3. The van der Waals surface area contributed by atoms with E-state index in [1.165, 1.54) is 5.56 Å². The van der Waals surface area contributed by atoms with Crippen LogP contribution in [0, 0.1) is 0 Å². The topological polar surface area (TPSA) is 32.3 Å². The van der Waals surface area contributed by atoms with Crippen molar-refractivity contribution in [2.24, 2.45) is 0 Å². The van der Waals surface area contributed by atoms with Gasteiger partial charge in [0, 0.05) is 31.2 Å². The second-order valence-electron chi connectivity index (χ2n) is 5.48. The van der Waals surface area contributed by atoms with Crippen molar-refractivity contribution >= 4 is 5.91 Å². The van der Waals surface area contributed by atoms with Crippen LogP contribution in [0.4, 0.5) is 0 Å². The Labute approximate surface area is 116 Å². The lowest BCUT2D eigenvalue weighted by molar-refractivity contribution is 0.0656. The second kappa shape index (κ2) is 6.20. The number of carbonyl (C=O) groups is 1. The molecule has 0 bridgehead atoms. The van der Waals surface area contributed by atoms with Gasteiger partial charge in [0.15, 0.2) is 0 Å². The molecule has 1 amide bonds. The van der Waals surface area contributed by atoms with E-state index < -0.39 is 0 Å². The van der Waals surface area contributed by atoms with E-state index in [0.717, 1.165) is 31.6 Å². The lowest BCUT2D eigenvalue weighted by atomic mass is 9.97. The van der Waals surface area contributed by atoms with Crippen molar-refractivity contribution in [2.45, 2.75) is 39.2 Å². The highest BCUT2D eigenvalue weighted by Crippen LogP contribution is 2.19. The number of amides is 1. The van der Waals surface area contributed by atoms with Crippen LogP contribution in [0.25, 0.3) is 0 Å². The van der Waals surface area contributed by atoms with Gasteiger partial charge in [-0.05, 0) is 37.0 Å². The SMILES string of the molecule is CCC(C)c1ccc(C(=O)N2CCNCC2C)cc1. The number of piperazine rings is 1. The summed E-state index contributed by atoms with van der Waals surface area (Å²) in [5.74, 6) is 0.715. The molecule has 2 unspecified atom stereocenters. The number of hydrogen-bond donors (Lipinski definition) is 1. The summed E-state index contributed by atoms with van der Waals surface area (Å²) < 4.78 is 0. The van der Waals surface area contributed by atoms with Gasteiger partial charge in [0.1, 0.15) is 0 Å². The van der Waals surface area contributed by atoms with Crippen molar-refractivity contribution in [2.75, 3.05) is 19.6 Å². The van der Waals surface area contributed by atoms with Gasteiger partial charge in [-0.3, -0.25) is 4.79 Å². The lowest BCUT2D eigenvalue weighted by Crippen LogP contribution is -2.52. The summed E-state index contributed by atoms with van der Waals surface area (Å²) in [6, 6.07) is 8.40. The Hall–Kier alpha value is -1.35. The first-order valence-corrected chi connectivity index (χ1v) is 7.25. The van der Waals surface area contributed by atoms with Crippen LogP contribution in [0.15, 0.2) is 24.3 Å². The molecule has 1 N–H and O–H groups in total. The van der Waals surface area contributed by atoms with E-state index >= 15 is 0 Å². The van der Waals surface area contributed by atoms with Crippen molar-refractivity contribution in [3.05, 3.63) is 35.4 Å². The molecule has 1 heterocycles. The third-order valence-corrected chi connectivity index (χ3v) is 4.10. The molecule has 0 aliphatic carbocycles. The first-order valence-electron chi connectivity index (χ1n) is 7.25. The Morgan fingerprint density at radius 3 is 2.68 bits per heavy atom. The van der Waals surface area contributed by atoms with Gasteiger partial charge in [0.05, 0.1) is 0 Å². The highest BCUT2D eigenvalue weighted by atomic mass is 16.2. The van der Waals surface area contributed by atoms with Gasteiger partial charge in [-0.25, -0.2) is 0 Å². The second-order valence-corrected chi connectivity index (χ2v) is 5.48. The Morgan fingerprint density at radius 1 is 1.42 bits per heavy atom.